The third kappa shape index (κ3) is 6.05. The fourth-order valence-electron chi connectivity index (χ4n) is 8.03. The third-order valence-corrected chi connectivity index (χ3v) is 9.85. The molecule has 2 saturated carbocycles. The second-order valence-corrected chi connectivity index (χ2v) is 14.5. The molecule has 1 heterocycles. The van der Waals surface area contributed by atoms with Gasteiger partial charge in [-0.3, -0.25) is 9.59 Å². The van der Waals surface area contributed by atoms with Crippen LogP contribution < -0.4 is 10.1 Å². The largest absolute Gasteiger partial charge is 0.444 e. The molecule has 4 aliphatic rings. The lowest BCUT2D eigenvalue weighted by atomic mass is 9.55. The predicted octanol–water partition coefficient (Wildman–Crippen LogP) is 6.09. The van der Waals surface area contributed by atoms with Crippen molar-refractivity contribution in [2.45, 2.75) is 129 Å². The maximum absolute atomic E-state index is 13.0. The lowest BCUT2D eigenvalue weighted by Gasteiger charge is -2.50. The van der Waals surface area contributed by atoms with E-state index in [1.165, 1.54) is 18.1 Å². The van der Waals surface area contributed by atoms with Crippen LogP contribution in [0.2, 0.25) is 0 Å². The number of ether oxygens (including phenoxy) is 4. The van der Waals surface area contributed by atoms with Gasteiger partial charge in [0.1, 0.15) is 11.4 Å². The van der Waals surface area contributed by atoms with Crippen molar-refractivity contribution in [2.75, 3.05) is 0 Å². The molecular weight excluding hydrogens is 522 g/mol. The Balaban J connectivity index is 1.21. The van der Waals surface area contributed by atoms with Crippen LogP contribution in [0.3, 0.4) is 0 Å². The highest BCUT2D eigenvalue weighted by atomic mass is 16.8. The summed E-state index contributed by atoms with van der Waals surface area (Å²) in [6.07, 6.45) is 5.21. The van der Waals surface area contributed by atoms with Gasteiger partial charge in [0, 0.05) is 0 Å². The number of hydrogen-bond acceptors (Lipinski definition) is 7. The SMILES string of the molecule is CC(=O)C(CC(C)C(=O)Oc1ccc2c(c1)CC[C@@H]1[C@@H]2CC[C@@]2(C)[C@H]1C[C@H]1OC(C)(C)O[C@@H]12)NC(=O)OC(C)(C)C. The van der Waals surface area contributed by atoms with Gasteiger partial charge >= 0.3 is 12.1 Å². The molecule has 0 bridgehead atoms. The highest BCUT2D eigenvalue weighted by Gasteiger charge is 2.63. The van der Waals surface area contributed by atoms with Crippen molar-refractivity contribution in [3.05, 3.63) is 29.3 Å². The number of amides is 1. The summed E-state index contributed by atoms with van der Waals surface area (Å²) in [5.41, 5.74) is 2.11. The van der Waals surface area contributed by atoms with E-state index in [2.05, 4.69) is 18.3 Å². The first-order valence-electron chi connectivity index (χ1n) is 15.3. The van der Waals surface area contributed by atoms with Gasteiger partial charge in [0.05, 0.1) is 24.2 Å². The molecule has 0 radical (unpaired) electrons. The van der Waals surface area contributed by atoms with Gasteiger partial charge in [0.2, 0.25) is 0 Å². The molecule has 1 aliphatic heterocycles. The Morgan fingerprint density at radius 3 is 2.54 bits per heavy atom. The highest BCUT2D eigenvalue weighted by molar-refractivity contribution is 5.86. The van der Waals surface area contributed by atoms with Crippen LogP contribution in [-0.4, -0.2) is 47.5 Å². The number of ketones is 1. The minimum Gasteiger partial charge on any atom is -0.444 e. The van der Waals surface area contributed by atoms with Crippen molar-refractivity contribution in [3.8, 4) is 5.75 Å². The Hall–Kier alpha value is -2.45. The lowest BCUT2D eigenvalue weighted by molar-refractivity contribution is -0.178. The molecular formula is C33H47NO7. The summed E-state index contributed by atoms with van der Waals surface area (Å²) < 4.78 is 23.8. The van der Waals surface area contributed by atoms with Gasteiger partial charge in [0.15, 0.2) is 11.6 Å². The van der Waals surface area contributed by atoms with Crippen LogP contribution in [0, 0.1) is 23.2 Å². The quantitative estimate of drug-likeness (QED) is 0.327. The first kappa shape index (κ1) is 30.0. The number of rotatable bonds is 6. The minimum absolute atomic E-state index is 0.134. The highest BCUT2D eigenvalue weighted by Crippen LogP contribution is 2.64. The van der Waals surface area contributed by atoms with Gasteiger partial charge in [-0.1, -0.05) is 19.9 Å². The van der Waals surface area contributed by atoms with Crippen molar-refractivity contribution in [1.29, 1.82) is 0 Å². The normalized spacial score (nSPS) is 32.9. The van der Waals surface area contributed by atoms with E-state index < -0.39 is 35.4 Å². The van der Waals surface area contributed by atoms with Crippen LogP contribution in [0.15, 0.2) is 18.2 Å². The molecule has 3 fully saturated rings. The molecule has 1 amide bonds. The van der Waals surface area contributed by atoms with E-state index in [-0.39, 0.29) is 29.8 Å². The molecule has 3 aliphatic carbocycles. The van der Waals surface area contributed by atoms with E-state index in [0.29, 0.717) is 23.5 Å². The summed E-state index contributed by atoms with van der Waals surface area (Å²) in [6, 6.07) is 5.24. The number of alkyl carbamates (subject to hydrolysis) is 1. The molecule has 1 aromatic rings. The van der Waals surface area contributed by atoms with Crippen molar-refractivity contribution in [2.24, 2.45) is 23.2 Å². The molecule has 1 N–H and O–H groups in total. The molecule has 41 heavy (non-hydrogen) atoms. The number of Topliss-reactive ketones (excluding diaryl/α,β-unsaturated/α-hetero) is 1. The van der Waals surface area contributed by atoms with Crippen molar-refractivity contribution in [1.82, 2.24) is 5.32 Å². The summed E-state index contributed by atoms with van der Waals surface area (Å²) >= 11 is 0. The van der Waals surface area contributed by atoms with Gasteiger partial charge < -0.3 is 24.3 Å². The van der Waals surface area contributed by atoms with Gasteiger partial charge in [-0.05, 0) is 126 Å². The molecule has 0 aromatic heterocycles. The van der Waals surface area contributed by atoms with Gasteiger partial charge in [-0.25, -0.2) is 4.79 Å². The Morgan fingerprint density at radius 2 is 1.85 bits per heavy atom. The number of fused-ring (bicyclic) bond motifs is 7. The van der Waals surface area contributed by atoms with Crippen molar-refractivity contribution >= 4 is 17.8 Å². The Morgan fingerprint density at radius 1 is 1.12 bits per heavy atom. The zero-order chi connectivity index (χ0) is 29.9. The first-order chi connectivity index (χ1) is 19.1. The summed E-state index contributed by atoms with van der Waals surface area (Å²) in [4.78, 5) is 37.3. The smallest absolute Gasteiger partial charge is 0.408 e. The molecule has 0 spiro atoms. The first-order valence-corrected chi connectivity index (χ1v) is 15.3. The topological polar surface area (TPSA) is 100 Å². The summed E-state index contributed by atoms with van der Waals surface area (Å²) in [7, 11) is 0. The van der Waals surface area contributed by atoms with Crippen molar-refractivity contribution in [3.63, 3.8) is 0 Å². The summed E-state index contributed by atoms with van der Waals surface area (Å²) in [6.45, 7) is 14.8. The standard InChI is InChI=1S/C33H47NO7/c1-18(15-26(19(2)35)34-30(37)41-31(3,4)5)29(36)38-21-10-12-22-20(16-21)9-11-24-23(22)13-14-33(8)25(24)17-27-28(33)40-32(6,7)39-27/h10,12,16,18,23-28H,9,11,13-15,17H2,1-8H3,(H,34,37)/t18?,23-,24-,25+,26?,27-,28+,33+/m1/s1. The predicted molar refractivity (Wildman–Crippen MR) is 154 cm³/mol. The van der Waals surface area contributed by atoms with Crippen LogP contribution in [0.4, 0.5) is 4.79 Å². The fraction of sp³-hybridized carbons (Fsp3) is 0.727. The zero-order valence-corrected chi connectivity index (χ0v) is 25.9. The van der Waals surface area contributed by atoms with E-state index in [0.717, 1.165) is 32.1 Å². The average molecular weight is 570 g/mol. The Kier molecular flexibility index (Phi) is 7.82. The number of nitrogens with one attached hydrogen (secondary N) is 1. The van der Waals surface area contributed by atoms with E-state index in [4.69, 9.17) is 18.9 Å². The number of esters is 1. The van der Waals surface area contributed by atoms with Crippen LogP contribution in [0.25, 0.3) is 0 Å². The monoisotopic (exact) mass is 569 g/mol. The van der Waals surface area contributed by atoms with Gasteiger partial charge in [0.25, 0.3) is 0 Å². The number of carbonyl (C=O) groups excluding carboxylic acids is 3. The maximum atomic E-state index is 13.0. The number of hydrogen-bond donors (Lipinski definition) is 1. The summed E-state index contributed by atoms with van der Waals surface area (Å²) in [5, 5.41) is 2.59. The summed E-state index contributed by atoms with van der Waals surface area (Å²) in [5.74, 6) is 0.471. The third-order valence-electron chi connectivity index (χ3n) is 9.85. The van der Waals surface area contributed by atoms with Gasteiger partial charge in [-0.2, -0.15) is 0 Å². The number of aryl methyl sites for hydroxylation is 1. The lowest BCUT2D eigenvalue weighted by Crippen LogP contribution is -2.45. The van der Waals surface area contributed by atoms with Gasteiger partial charge in [-0.15, -0.1) is 0 Å². The number of carbonyl (C=O) groups is 3. The second-order valence-electron chi connectivity index (χ2n) is 14.5. The molecule has 5 rings (SSSR count). The van der Waals surface area contributed by atoms with E-state index in [1.54, 1.807) is 27.7 Å². The van der Waals surface area contributed by atoms with E-state index in [9.17, 15) is 14.4 Å². The number of benzene rings is 1. The molecule has 8 nitrogen and oxygen atoms in total. The molecule has 1 saturated heterocycles. The molecule has 8 atom stereocenters. The van der Waals surface area contributed by atoms with Crippen LogP contribution in [-0.2, 0) is 30.2 Å². The molecule has 2 unspecified atom stereocenters. The minimum atomic E-state index is -0.832. The van der Waals surface area contributed by atoms with Crippen molar-refractivity contribution < 1.29 is 33.3 Å². The fourth-order valence-corrected chi connectivity index (χ4v) is 8.03. The zero-order valence-electron chi connectivity index (χ0n) is 25.9. The average Bonchev–Trinajstić information content (AvgIpc) is 3.31. The molecule has 8 heteroatoms. The van der Waals surface area contributed by atoms with E-state index in [1.807, 2.05) is 26.0 Å². The molecule has 226 valence electrons. The molecule has 1 aromatic carbocycles. The second kappa shape index (κ2) is 10.7. The van der Waals surface area contributed by atoms with Crippen LogP contribution in [0.1, 0.15) is 105 Å². The maximum Gasteiger partial charge on any atom is 0.408 e. The Labute approximate surface area is 244 Å². The van der Waals surface area contributed by atoms with E-state index >= 15 is 0 Å². The van der Waals surface area contributed by atoms with Crippen LogP contribution in [0.5, 0.6) is 5.75 Å². The van der Waals surface area contributed by atoms with Crippen LogP contribution >= 0.6 is 0 Å². The Bertz CT molecular complexity index is 1200.